The molecule has 0 heterocycles. The van der Waals surface area contributed by atoms with Gasteiger partial charge in [0.15, 0.2) is 0 Å². The van der Waals surface area contributed by atoms with Gasteiger partial charge in [0.05, 0.1) is 6.61 Å². The van der Waals surface area contributed by atoms with Gasteiger partial charge in [-0.25, -0.2) is 9.59 Å². The van der Waals surface area contributed by atoms with Crippen molar-refractivity contribution in [3.8, 4) is 16.9 Å². The number of alkyl carbamates (subject to hydrolysis) is 1. The van der Waals surface area contributed by atoms with Crippen LogP contribution in [0.25, 0.3) is 11.1 Å². The third kappa shape index (κ3) is 5.96. The number of nitrogens with one attached hydrogen (secondary N) is 1. The molecule has 2 aliphatic rings. The Hall–Kier alpha value is -3.80. The number of hydrogen-bond acceptors (Lipinski definition) is 4. The van der Waals surface area contributed by atoms with Gasteiger partial charge in [-0.05, 0) is 58.7 Å². The van der Waals surface area contributed by atoms with Crippen molar-refractivity contribution >= 4 is 12.1 Å². The summed E-state index contributed by atoms with van der Waals surface area (Å²) in [6.07, 6.45) is 5.74. The molecule has 1 amide bonds. The van der Waals surface area contributed by atoms with Crippen molar-refractivity contribution in [2.75, 3.05) is 13.2 Å². The van der Waals surface area contributed by atoms with Gasteiger partial charge in [-0.3, -0.25) is 0 Å². The summed E-state index contributed by atoms with van der Waals surface area (Å²) < 4.78 is 11.5. The first-order valence-corrected chi connectivity index (χ1v) is 13.1. The maximum atomic E-state index is 12.6. The van der Waals surface area contributed by atoms with Crippen LogP contribution < -0.4 is 10.1 Å². The SMILES string of the molecule is O=C(NC(Cc1ccc(OCC2CCCCC2)cc1)C(=O)O)OCC1c2ccccc2-c2ccccc21. The Morgan fingerprint density at radius 1 is 0.838 bits per heavy atom. The quantitative estimate of drug-likeness (QED) is 0.367. The number of carbonyl (C=O) groups excluding carboxylic acids is 1. The van der Waals surface area contributed by atoms with Crippen molar-refractivity contribution in [1.29, 1.82) is 0 Å². The minimum atomic E-state index is -1.11. The van der Waals surface area contributed by atoms with Crippen LogP contribution in [0.2, 0.25) is 0 Å². The highest BCUT2D eigenvalue weighted by Crippen LogP contribution is 2.44. The second-order valence-electron chi connectivity index (χ2n) is 10.0. The fourth-order valence-electron chi connectivity index (χ4n) is 5.51. The van der Waals surface area contributed by atoms with Gasteiger partial charge in [-0.1, -0.05) is 79.9 Å². The maximum absolute atomic E-state index is 12.6. The minimum absolute atomic E-state index is 0.0809. The van der Waals surface area contributed by atoms with E-state index in [2.05, 4.69) is 17.4 Å². The molecule has 0 radical (unpaired) electrons. The molecule has 3 aromatic rings. The first kappa shape index (κ1) is 24.9. The van der Waals surface area contributed by atoms with Gasteiger partial charge >= 0.3 is 12.1 Å². The van der Waals surface area contributed by atoms with Crippen LogP contribution in [-0.4, -0.2) is 36.4 Å². The number of aliphatic carboxylic acids is 1. The highest BCUT2D eigenvalue weighted by atomic mass is 16.5. The standard InChI is InChI=1S/C31H33NO5/c33-30(34)29(18-21-14-16-23(17-15-21)36-19-22-8-2-1-3-9-22)32-31(35)37-20-28-26-12-6-4-10-24(26)25-11-5-7-13-27(25)28/h4-7,10-17,22,28-29H,1-3,8-9,18-20H2,(H,32,35)(H,33,34). The van der Waals surface area contributed by atoms with Crippen LogP contribution >= 0.6 is 0 Å². The topological polar surface area (TPSA) is 84.9 Å². The van der Waals surface area contributed by atoms with Crippen molar-refractivity contribution in [3.05, 3.63) is 89.5 Å². The molecule has 6 heteroatoms. The van der Waals surface area contributed by atoms with E-state index in [9.17, 15) is 14.7 Å². The Balaban J connectivity index is 1.15. The third-order valence-electron chi connectivity index (χ3n) is 7.51. The van der Waals surface area contributed by atoms with Crippen LogP contribution in [0.5, 0.6) is 5.75 Å². The fourth-order valence-corrected chi connectivity index (χ4v) is 5.51. The second kappa shape index (κ2) is 11.5. The third-order valence-corrected chi connectivity index (χ3v) is 7.51. The molecule has 1 atom stereocenters. The number of hydrogen-bond donors (Lipinski definition) is 2. The van der Waals surface area contributed by atoms with E-state index >= 15 is 0 Å². The summed E-state index contributed by atoms with van der Waals surface area (Å²) in [5.74, 6) is 0.214. The Morgan fingerprint density at radius 3 is 2.08 bits per heavy atom. The Bertz CT molecular complexity index is 1190. The van der Waals surface area contributed by atoms with Gasteiger partial charge in [-0.15, -0.1) is 0 Å². The monoisotopic (exact) mass is 499 g/mol. The molecular weight excluding hydrogens is 466 g/mol. The van der Waals surface area contributed by atoms with E-state index in [1.165, 1.54) is 32.1 Å². The van der Waals surface area contributed by atoms with Gasteiger partial charge < -0.3 is 19.9 Å². The number of fused-ring (bicyclic) bond motifs is 3. The van der Waals surface area contributed by atoms with Gasteiger partial charge in [0, 0.05) is 12.3 Å². The van der Waals surface area contributed by atoms with Crippen molar-refractivity contribution in [2.24, 2.45) is 5.92 Å². The van der Waals surface area contributed by atoms with E-state index in [4.69, 9.17) is 9.47 Å². The van der Waals surface area contributed by atoms with Crippen LogP contribution in [0.4, 0.5) is 4.79 Å². The van der Waals surface area contributed by atoms with Gasteiger partial charge in [0.25, 0.3) is 0 Å². The van der Waals surface area contributed by atoms with Gasteiger partial charge in [-0.2, -0.15) is 0 Å². The Kier molecular flexibility index (Phi) is 7.73. The average Bonchev–Trinajstić information content (AvgIpc) is 3.25. The predicted molar refractivity (Wildman–Crippen MR) is 142 cm³/mol. The fraction of sp³-hybridized carbons (Fsp3) is 0.355. The lowest BCUT2D eigenvalue weighted by Crippen LogP contribution is -2.42. The van der Waals surface area contributed by atoms with Crippen LogP contribution in [0.15, 0.2) is 72.8 Å². The molecule has 6 nitrogen and oxygen atoms in total. The van der Waals surface area contributed by atoms with Crippen LogP contribution in [0.1, 0.15) is 54.7 Å². The van der Waals surface area contributed by atoms with Crippen molar-refractivity contribution in [2.45, 2.75) is 50.5 Å². The summed E-state index contributed by atoms with van der Waals surface area (Å²) in [6.45, 7) is 0.861. The number of benzene rings is 3. The molecule has 1 fully saturated rings. The largest absolute Gasteiger partial charge is 0.493 e. The summed E-state index contributed by atoms with van der Waals surface area (Å²) in [5, 5.41) is 12.2. The molecule has 3 aromatic carbocycles. The molecule has 37 heavy (non-hydrogen) atoms. The number of carbonyl (C=O) groups is 2. The number of ether oxygens (including phenoxy) is 2. The zero-order valence-corrected chi connectivity index (χ0v) is 20.9. The summed E-state index contributed by atoms with van der Waals surface area (Å²) >= 11 is 0. The Morgan fingerprint density at radius 2 is 1.46 bits per heavy atom. The minimum Gasteiger partial charge on any atom is -0.493 e. The normalized spacial score (nSPS) is 15.9. The van der Waals surface area contributed by atoms with Crippen molar-refractivity contribution in [1.82, 2.24) is 5.32 Å². The summed E-state index contributed by atoms with van der Waals surface area (Å²) in [4.78, 5) is 24.5. The smallest absolute Gasteiger partial charge is 0.407 e. The van der Waals surface area contributed by atoms with E-state index in [1.807, 2.05) is 60.7 Å². The molecule has 192 valence electrons. The molecule has 0 bridgehead atoms. The zero-order chi connectivity index (χ0) is 25.6. The van der Waals surface area contributed by atoms with Crippen molar-refractivity contribution < 1.29 is 24.2 Å². The molecule has 5 rings (SSSR count). The number of carboxylic acids is 1. The lowest BCUT2D eigenvalue weighted by Gasteiger charge is -2.21. The zero-order valence-electron chi connectivity index (χ0n) is 20.9. The number of rotatable bonds is 9. The summed E-state index contributed by atoms with van der Waals surface area (Å²) in [5.41, 5.74) is 5.30. The van der Waals surface area contributed by atoms with Gasteiger partial charge in [0.2, 0.25) is 0 Å². The maximum Gasteiger partial charge on any atom is 0.407 e. The molecular formula is C31H33NO5. The highest BCUT2D eigenvalue weighted by molar-refractivity contribution is 5.81. The first-order valence-electron chi connectivity index (χ1n) is 13.1. The van der Waals surface area contributed by atoms with E-state index in [0.29, 0.717) is 5.92 Å². The van der Waals surface area contributed by atoms with Crippen LogP contribution in [0.3, 0.4) is 0 Å². The Labute approximate surface area is 217 Å². The van der Waals surface area contributed by atoms with E-state index in [0.717, 1.165) is 40.2 Å². The number of amides is 1. The molecule has 0 aromatic heterocycles. The molecule has 1 saturated carbocycles. The molecule has 1 unspecified atom stereocenters. The molecule has 0 saturated heterocycles. The molecule has 0 spiro atoms. The van der Waals surface area contributed by atoms with E-state index in [-0.39, 0.29) is 18.9 Å². The van der Waals surface area contributed by atoms with Crippen LogP contribution in [0, 0.1) is 5.92 Å². The predicted octanol–water partition coefficient (Wildman–Crippen LogP) is 6.18. The highest BCUT2D eigenvalue weighted by Gasteiger charge is 2.29. The molecule has 2 N–H and O–H groups in total. The van der Waals surface area contributed by atoms with E-state index < -0.39 is 18.1 Å². The lowest BCUT2D eigenvalue weighted by atomic mass is 9.90. The summed E-state index contributed by atoms with van der Waals surface area (Å²) in [7, 11) is 0. The molecule has 0 aliphatic heterocycles. The van der Waals surface area contributed by atoms with E-state index in [1.54, 1.807) is 0 Å². The number of carboxylic acid groups (broad SMARTS) is 1. The van der Waals surface area contributed by atoms with Crippen molar-refractivity contribution in [3.63, 3.8) is 0 Å². The molecule has 2 aliphatic carbocycles. The first-order chi connectivity index (χ1) is 18.1. The lowest BCUT2D eigenvalue weighted by molar-refractivity contribution is -0.139. The second-order valence-corrected chi connectivity index (χ2v) is 10.0. The van der Waals surface area contributed by atoms with Gasteiger partial charge in [0.1, 0.15) is 18.4 Å². The average molecular weight is 500 g/mol. The van der Waals surface area contributed by atoms with Crippen LogP contribution in [-0.2, 0) is 16.0 Å². The summed E-state index contributed by atoms with van der Waals surface area (Å²) in [6, 6.07) is 22.5.